The van der Waals surface area contributed by atoms with Crippen LogP contribution in [0.5, 0.6) is 0 Å². The first-order chi connectivity index (χ1) is 11.0. The second kappa shape index (κ2) is 10.2. The Morgan fingerprint density at radius 2 is 2.17 bits per heavy atom. The van der Waals surface area contributed by atoms with Crippen LogP contribution in [0.4, 0.5) is 0 Å². The number of nitrogens with one attached hydrogen (secondary N) is 2. The molecular formula is C18H32IN5. The van der Waals surface area contributed by atoms with Gasteiger partial charge in [-0.25, -0.2) is 4.99 Å². The number of hydrogen-bond donors (Lipinski definition) is 2. The third-order valence-corrected chi connectivity index (χ3v) is 4.54. The van der Waals surface area contributed by atoms with Gasteiger partial charge in [-0.15, -0.1) is 24.0 Å². The molecule has 0 radical (unpaired) electrons. The van der Waals surface area contributed by atoms with Gasteiger partial charge in [0, 0.05) is 37.9 Å². The average Bonchev–Trinajstić information content (AvgIpc) is 2.88. The zero-order valence-electron chi connectivity index (χ0n) is 15.5. The molecule has 5 nitrogen and oxygen atoms in total. The summed E-state index contributed by atoms with van der Waals surface area (Å²) in [4.78, 5) is 11.7. The van der Waals surface area contributed by atoms with Crippen LogP contribution in [0.3, 0.4) is 0 Å². The molecule has 0 aliphatic carbocycles. The van der Waals surface area contributed by atoms with E-state index >= 15 is 0 Å². The molecule has 6 heteroatoms. The van der Waals surface area contributed by atoms with Crippen LogP contribution in [-0.4, -0.2) is 47.6 Å². The summed E-state index contributed by atoms with van der Waals surface area (Å²) in [6.07, 6.45) is 1.83. The predicted octanol–water partition coefficient (Wildman–Crippen LogP) is 2.79. The summed E-state index contributed by atoms with van der Waals surface area (Å²) in [6, 6.07) is 5.09. The first kappa shape index (κ1) is 21.2. The Morgan fingerprint density at radius 3 is 2.75 bits per heavy atom. The Morgan fingerprint density at radius 1 is 1.42 bits per heavy atom. The molecule has 0 amide bonds. The highest BCUT2D eigenvalue weighted by Gasteiger charge is 2.31. The van der Waals surface area contributed by atoms with E-state index < -0.39 is 0 Å². The van der Waals surface area contributed by atoms with E-state index in [1.165, 1.54) is 5.56 Å². The fraction of sp³-hybridized carbons (Fsp3) is 0.667. The second-order valence-corrected chi connectivity index (χ2v) is 6.74. The highest BCUT2D eigenvalue weighted by Crippen LogP contribution is 2.18. The molecule has 0 saturated carbocycles. The van der Waals surface area contributed by atoms with Crippen molar-refractivity contribution < 1.29 is 0 Å². The fourth-order valence-electron chi connectivity index (χ4n) is 2.95. The van der Waals surface area contributed by atoms with Crippen molar-refractivity contribution in [2.45, 2.75) is 53.2 Å². The van der Waals surface area contributed by atoms with Crippen molar-refractivity contribution >= 4 is 29.9 Å². The van der Waals surface area contributed by atoms with Crippen molar-refractivity contribution in [3.05, 3.63) is 29.6 Å². The molecule has 2 rings (SSSR count). The Hall–Kier alpha value is -0.890. The number of rotatable bonds is 5. The lowest BCUT2D eigenvalue weighted by Crippen LogP contribution is -2.46. The number of halogens is 1. The van der Waals surface area contributed by atoms with Crippen molar-refractivity contribution in [2.75, 3.05) is 19.6 Å². The molecule has 2 heterocycles. The van der Waals surface area contributed by atoms with Crippen LogP contribution in [-0.2, 0) is 6.54 Å². The summed E-state index contributed by atoms with van der Waals surface area (Å²) in [6.45, 7) is 14.7. The van der Waals surface area contributed by atoms with E-state index in [0.29, 0.717) is 24.5 Å². The highest BCUT2D eigenvalue weighted by molar-refractivity contribution is 14.0. The number of hydrogen-bond acceptors (Lipinski definition) is 3. The SMILES string of the molecule is CCNC(=NCc1ncccc1C)NC1CN(C(C)C)CC1C.I. The van der Waals surface area contributed by atoms with E-state index in [0.717, 1.165) is 31.3 Å². The number of pyridine rings is 1. The van der Waals surface area contributed by atoms with Gasteiger partial charge in [-0.05, 0) is 45.2 Å². The Labute approximate surface area is 163 Å². The average molecular weight is 445 g/mol. The minimum atomic E-state index is 0. The van der Waals surface area contributed by atoms with E-state index in [-0.39, 0.29) is 24.0 Å². The van der Waals surface area contributed by atoms with E-state index in [1.54, 1.807) is 0 Å². The quantitative estimate of drug-likeness (QED) is 0.416. The van der Waals surface area contributed by atoms with Crippen molar-refractivity contribution in [3.63, 3.8) is 0 Å². The zero-order valence-corrected chi connectivity index (χ0v) is 17.9. The lowest BCUT2D eigenvalue weighted by Gasteiger charge is -2.22. The van der Waals surface area contributed by atoms with Crippen LogP contribution in [0.2, 0.25) is 0 Å². The van der Waals surface area contributed by atoms with Crippen LogP contribution < -0.4 is 10.6 Å². The predicted molar refractivity (Wildman–Crippen MR) is 112 cm³/mol. The molecule has 2 atom stereocenters. The van der Waals surface area contributed by atoms with Crippen molar-refractivity contribution in [1.29, 1.82) is 0 Å². The smallest absolute Gasteiger partial charge is 0.191 e. The van der Waals surface area contributed by atoms with Crippen LogP contribution in [0.25, 0.3) is 0 Å². The molecule has 2 N–H and O–H groups in total. The van der Waals surface area contributed by atoms with Crippen molar-refractivity contribution in [3.8, 4) is 0 Å². The second-order valence-electron chi connectivity index (χ2n) is 6.74. The maximum Gasteiger partial charge on any atom is 0.191 e. The third kappa shape index (κ3) is 5.88. The molecule has 0 spiro atoms. The Balaban J connectivity index is 0.00000288. The molecule has 1 fully saturated rings. The van der Waals surface area contributed by atoms with Crippen LogP contribution in [0.1, 0.15) is 39.0 Å². The number of aromatic nitrogens is 1. The maximum atomic E-state index is 4.73. The maximum absolute atomic E-state index is 4.73. The summed E-state index contributed by atoms with van der Waals surface area (Å²) < 4.78 is 0. The van der Waals surface area contributed by atoms with Crippen molar-refractivity contribution in [2.24, 2.45) is 10.9 Å². The van der Waals surface area contributed by atoms with E-state index in [1.807, 2.05) is 12.3 Å². The molecule has 1 saturated heterocycles. The van der Waals surface area contributed by atoms with Crippen LogP contribution in [0, 0.1) is 12.8 Å². The Bertz CT molecular complexity index is 532. The minimum absolute atomic E-state index is 0. The lowest BCUT2D eigenvalue weighted by molar-refractivity contribution is 0.265. The fourth-order valence-corrected chi connectivity index (χ4v) is 2.95. The summed E-state index contributed by atoms with van der Waals surface area (Å²) in [5.41, 5.74) is 2.22. The standard InChI is InChI=1S/C18H31N5.HI/c1-6-19-18(21-10-16-14(4)8-7-9-20-16)22-17-12-23(13(2)3)11-15(17)5;/h7-9,13,15,17H,6,10-12H2,1-5H3,(H2,19,21,22);1H. The summed E-state index contributed by atoms with van der Waals surface area (Å²) in [5.74, 6) is 1.51. The molecule has 1 aliphatic rings. The third-order valence-electron chi connectivity index (χ3n) is 4.54. The summed E-state index contributed by atoms with van der Waals surface area (Å²) >= 11 is 0. The molecular weight excluding hydrogens is 413 g/mol. The van der Waals surface area contributed by atoms with E-state index in [4.69, 9.17) is 4.99 Å². The van der Waals surface area contributed by atoms with Gasteiger partial charge in [0.2, 0.25) is 0 Å². The van der Waals surface area contributed by atoms with Gasteiger partial charge >= 0.3 is 0 Å². The van der Waals surface area contributed by atoms with Crippen molar-refractivity contribution in [1.82, 2.24) is 20.5 Å². The molecule has 0 bridgehead atoms. The topological polar surface area (TPSA) is 52.6 Å². The largest absolute Gasteiger partial charge is 0.357 e. The van der Waals surface area contributed by atoms with E-state index in [9.17, 15) is 0 Å². The van der Waals surface area contributed by atoms with Gasteiger partial charge in [-0.1, -0.05) is 13.0 Å². The minimum Gasteiger partial charge on any atom is -0.357 e. The van der Waals surface area contributed by atoms with Crippen LogP contribution in [0.15, 0.2) is 23.3 Å². The normalized spacial score (nSPS) is 21.7. The molecule has 1 aliphatic heterocycles. The molecule has 24 heavy (non-hydrogen) atoms. The monoisotopic (exact) mass is 445 g/mol. The van der Waals surface area contributed by atoms with Gasteiger partial charge in [0.25, 0.3) is 0 Å². The number of likely N-dealkylation sites (tertiary alicyclic amines) is 1. The van der Waals surface area contributed by atoms with E-state index in [2.05, 4.69) is 61.2 Å². The van der Waals surface area contributed by atoms with Gasteiger partial charge in [0.15, 0.2) is 5.96 Å². The zero-order chi connectivity index (χ0) is 16.8. The number of nitrogens with zero attached hydrogens (tertiary/aromatic N) is 3. The van der Waals surface area contributed by atoms with Gasteiger partial charge in [-0.3, -0.25) is 9.88 Å². The van der Waals surface area contributed by atoms with Gasteiger partial charge in [0.05, 0.1) is 12.2 Å². The van der Waals surface area contributed by atoms with Gasteiger partial charge in [-0.2, -0.15) is 0 Å². The molecule has 2 unspecified atom stereocenters. The van der Waals surface area contributed by atoms with Crippen LogP contribution >= 0.6 is 24.0 Å². The highest BCUT2D eigenvalue weighted by atomic mass is 127. The first-order valence-corrected chi connectivity index (χ1v) is 8.70. The van der Waals surface area contributed by atoms with Gasteiger partial charge in [0.1, 0.15) is 0 Å². The lowest BCUT2D eigenvalue weighted by atomic mass is 10.1. The Kier molecular flexibility index (Phi) is 8.97. The number of guanidine groups is 1. The first-order valence-electron chi connectivity index (χ1n) is 8.70. The molecule has 1 aromatic rings. The molecule has 136 valence electrons. The molecule has 0 aromatic carbocycles. The van der Waals surface area contributed by atoms with Gasteiger partial charge < -0.3 is 10.6 Å². The number of aryl methyl sites for hydroxylation is 1. The summed E-state index contributed by atoms with van der Waals surface area (Å²) in [5, 5.41) is 6.97. The molecule has 1 aromatic heterocycles. The number of aliphatic imine (C=N–C) groups is 1. The summed E-state index contributed by atoms with van der Waals surface area (Å²) in [7, 11) is 0.